The van der Waals surface area contributed by atoms with Crippen LogP contribution in [-0.4, -0.2) is 16.3 Å². The minimum Gasteiger partial charge on any atom is -0.330 e. The highest BCUT2D eigenvalue weighted by atomic mass is 79.9. The smallest absolute Gasteiger partial charge is 0.0738 e. The zero-order valence-electron chi connectivity index (χ0n) is 10.7. The summed E-state index contributed by atoms with van der Waals surface area (Å²) in [6.45, 7) is 10.2. The fraction of sp³-hybridized carbons (Fsp3) is 0.750. The van der Waals surface area contributed by atoms with Crippen LogP contribution < -0.4 is 5.73 Å². The minimum absolute atomic E-state index is 0.169. The van der Waals surface area contributed by atoms with E-state index in [1.165, 1.54) is 5.69 Å². The number of aromatic nitrogens is 2. The molecule has 0 bridgehead atoms. The molecule has 0 amide bonds. The van der Waals surface area contributed by atoms with E-state index in [9.17, 15) is 0 Å². The molecule has 0 aliphatic heterocycles. The van der Waals surface area contributed by atoms with E-state index in [-0.39, 0.29) is 5.41 Å². The number of halogens is 1. The maximum Gasteiger partial charge on any atom is 0.0738 e. The molecule has 1 unspecified atom stereocenters. The largest absolute Gasteiger partial charge is 0.330 e. The standard InChI is InChI=1S/C12H22BrN3/c1-5-12(4,8-14)7-10-11(13)9(3)15-16(10)6-2/h5-8,14H2,1-4H3. The van der Waals surface area contributed by atoms with Crippen LogP contribution in [0.25, 0.3) is 0 Å². The minimum atomic E-state index is 0.169. The molecule has 16 heavy (non-hydrogen) atoms. The third-order valence-corrected chi connectivity index (χ3v) is 4.42. The lowest BCUT2D eigenvalue weighted by Gasteiger charge is -2.26. The molecule has 92 valence electrons. The van der Waals surface area contributed by atoms with Crippen molar-refractivity contribution in [2.24, 2.45) is 11.1 Å². The SMILES string of the molecule is CCn1nc(C)c(Br)c1CC(C)(CC)CN. The van der Waals surface area contributed by atoms with Crippen LogP contribution in [0.15, 0.2) is 4.47 Å². The molecule has 4 heteroatoms. The Morgan fingerprint density at radius 3 is 2.50 bits per heavy atom. The molecule has 3 nitrogen and oxygen atoms in total. The Labute approximate surface area is 107 Å². The molecule has 1 atom stereocenters. The third-order valence-electron chi connectivity index (χ3n) is 3.39. The molecule has 0 saturated heterocycles. The Kier molecular flexibility index (Phi) is 4.56. The molecule has 1 heterocycles. The summed E-state index contributed by atoms with van der Waals surface area (Å²) in [4.78, 5) is 0. The van der Waals surface area contributed by atoms with Gasteiger partial charge in [0.2, 0.25) is 0 Å². The van der Waals surface area contributed by atoms with Gasteiger partial charge in [0.1, 0.15) is 0 Å². The lowest BCUT2D eigenvalue weighted by atomic mass is 9.83. The van der Waals surface area contributed by atoms with Crippen molar-refractivity contribution in [3.8, 4) is 0 Å². The van der Waals surface area contributed by atoms with Gasteiger partial charge in [-0.15, -0.1) is 0 Å². The first-order valence-corrected chi connectivity index (χ1v) is 6.68. The average molecular weight is 288 g/mol. The van der Waals surface area contributed by atoms with Gasteiger partial charge in [0.25, 0.3) is 0 Å². The Morgan fingerprint density at radius 2 is 2.06 bits per heavy atom. The lowest BCUT2D eigenvalue weighted by molar-refractivity contribution is 0.310. The highest BCUT2D eigenvalue weighted by molar-refractivity contribution is 9.10. The molecule has 0 aliphatic rings. The number of nitrogens with two attached hydrogens (primary N) is 1. The maximum atomic E-state index is 5.87. The Hall–Kier alpha value is -0.350. The van der Waals surface area contributed by atoms with Crippen LogP contribution in [0.2, 0.25) is 0 Å². The highest BCUT2D eigenvalue weighted by Crippen LogP contribution is 2.30. The molecule has 1 aromatic heterocycles. The van der Waals surface area contributed by atoms with Gasteiger partial charge in [-0.3, -0.25) is 4.68 Å². The predicted molar refractivity (Wildman–Crippen MR) is 71.5 cm³/mol. The summed E-state index contributed by atoms with van der Waals surface area (Å²) in [5.41, 5.74) is 8.37. The molecular formula is C12H22BrN3. The summed E-state index contributed by atoms with van der Waals surface area (Å²) in [6.07, 6.45) is 2.07. The first-order valence-electron chi connectivity index (χ1n) is 5.89. The quantitative estimate of drug-likeness (QED) is 0.905. The Balaban J connectivity index is 3.04. The van der Waals surface area contributed by atoms with Gasteiger partial charge < -0.3 is 5.73 Å². The summed E-state index contributed by atoms with van der Waals surface area (Å²) in [5.74, 6) is 0. The molecule has 2 N–H and O–H groups in total. The van der Waals surface area contributed by atoms with Crippen molar-refractivity contribution < 1.29 is 0 Å². The topological polar surface area (TPSA) is 43.8 Å². The second kappa shape index (κ2) is 5.32. The summed E-state index contributed by atoms with van der Waals surface area (Å²) >= 11 is 3.63. The lowest BCUT2D eigenvalue weighted by Crippen LogP contribution is -2.30. The highest BCUT2D eigenvalue weighted by Gasteiger charge is 2.25. The predicted octanol–water partition coefficient (Wildman–Crippen LogP) is 2.89. The van der Waals surface area contributed by atoms with E-state index in [2.05, 4.69) is 46.5 Å². The van der Waals surface area contributed by atoms with Crippen LogP contribution in [0, 0.1) is 12.3 Å². The van der Waals surface area contributed by atoms with E-state index in [1.807, 2.05) is 6.92 Å². The van der Waals surface area contributed by atoms with Gasteiger partial charge in [0, 0.05) is 6.54 Å². The number of rotatable bonds is 5. The van der Waals surface area contributed by atoms with Crippen LogP contribution in [0.3, 0.4) is 0 Å². The van der Waals surface area contributed by atoms with Gasteiger partial charge in [-0.05, 0) is 54.6 Å². The Bertz CT molecular complexity index is 353. The zero-order valence-corrected chi connectivity index (χ0v) is 12.3. The van der Waals surface area contributed by atoms with Crippen molar-refractivity contribution in [2.75, 3.05) is 6.54 Å². The fourth-order valence-electron chi connectivity index (χ4n) is 1.78. The second-order valence-electron chi connectivity index (χ2n) is 4.71. The van der Waals surface area contributed by atoms with E-state index >= 15 is 0 Å². The molecule has 0 radical (unpaired) electrons. The number of nitrogens with zero attached hydrogens (tertiary/aromatic N) is 2. The van der Waals surface area contributed by atoms with Crippen molar-refractivity contribution in [1.29, 1.82) is 0 Å². The first kappa shape index (κ1) is 13.7. The van der Waals surface area contributed by atoms with Crippen molar-refractivity contribution in [3.05, 3.63) is 15.9 Å². The summed E-state index contributed by atoms with van der Waals surface area (Å²) < 4.78 is 3.21. The molecule has 0 aromatic carbocycles. The number of hydrogen-bond acceptors (Lipinski definition) is 2. The van der Waals surface area contributed by atoms with Crippen LogP contribution in [0.5, 0.6) is 0 Å². The summed E-state index contributed by atoms with van der Waals surface area (Å²) in [7, 11) is 0. The van der Waals surface area contributed by atoms with E-state index in [0.29, 0.717) is 6.54 Å². The van der Waals surface area contributed by atoms with Gasteiger partial charge in [0.05, 0.1) is 15.9 Å². The van der Waals surface area contributed by atoms with E-state index < -0.39 is 0 Å². The van der Waals surface area contributed by atoms with Crippen molar-refractivity contribution in [1.82, 2.24) is 9.78 Å². The number of aryl methyl sites for hydroxylation is 2. The number of hydrogen-bond donors (Lipinski definition) is 1. The molecule has 0 saturated carbocycles. The van der Waals surface area contributed by atoms with E-state index in [4.69, 9.17) is 5.73 Å². The monoisotopic (exact) mass is 287 g/mol. The molecule has 1 rings (SSSR count). The molecule has 1 aromatic rings. The molecule has 0 aliphatic carbocycles. The van der Waals surface area contributed by atoms with Crippen LogP contribution in [-0.2, 0) is 13.0 Å². The zero-order chi connectivity index (χ0) is 12.3. The van der Waals surface area contributed by atoms with Crippen LogP contribution in [0.4, 0.5) is 0 Å². The normalized spacial score (nSPS) is 15.1. The van der Waals surface area contributed by atoms with Crippen LogP contribution >= 0.6 is 15.9 Å². The van der Waals surface area contributed by atoms with Gasteiger partial charge >= 0.3 is 0 Å². The first-order chi connectivity index (χ1) is 7.47. The van der Waals surface area contributed by atoms with E-state index in [1.54, 1.807) is 0 Å². The molecular weight excluding hydrogens is 266 g/mol. The van der Waals surface area contributed by atoms with Gasteiger partial charge in [0.15, 0.2) is 0 Å². The van der Waals surface area contributed by atoms with Crippen molar-refractivity contribution in [3.63, 3.8) is 0 Å². The van der Waals surface area contributed by atoms with Crippen molar-refractivity contribution in [2.45, 2.75) is 47.1 Å². The fourth-order valence-corrected chi connectivity index (χ4v) is 2.21. The van der Waals surface area contributed by atoms with Crippen molar-refractivity contribution >= 4 is 15.9 Å². The summed E-state index contributed by atoms with van der Waals surface area (Å²) in [5, 5.41) is 4.51. The third kappa shape index (κ3) is 2.66. The van der Waals surface area contributed by atoms with Gasteiger partial charge in [-0.1, -0.05) is 13.8 Å². The van der Waals surface area contributed by atoms with Gasteiger partial charge in [-0.2, -0.15) is 5.10 Å². The van der Waals surface area contributed by atoms with E-state index in [0.717, 1.165) is 29.6 Å². The maximum absolute atomic E-state index is 5.87. The second-order valence-corrected chi connectivity index (χ2v) is 5.50. The van der Waals surface area contributed by atoms with Gasteiger partial charge in [-0.25, -0.2) is 0 Å². The average Bonchev–Trinajstić information content (AvgIpc) is 2.56. The molecule has 0 fully saturated rings. The molecule has 0 spiro atoms. The van der Waals surface area contributed by atoms with Crippen LogP contribution in [0.1, 0.15) is 38.6 Å². The Morgan fingerprint density at radius 1 is 1.44 bits per heavy atom. The summed E-state index contributed by atoms with van der Waals surface area (Å²) in [6, 6.07) is 0.